The van der Waals surface area contributed by atoms with Crippen molar-refractivity contribution in [2.45, 2.75) is 32.7 Å². The maximum atomic E-state index is 10.1. The maximum absolute atomic E-state index is 10.1. The third-order valence-electron chi connectivity index (χ3n) is 3.63. The number of hydrogen-bond acceptors (Lipinski definition) is 3. The van der Waals surface area contributed by atoms with Crippen LogP contribution in [0.15, 0.2) is 18.2 Å². The van der Waals surface area contributed by atoms with Crippen molar-refractivity contribution >= 4 is 5.69 Å². The van der Waals surface area contributed by atoms with E-state index >= 15 is 0 Å². The summed E-state index contributed by atoms with van der Waals surface area (Å²) >= 11 is 0. The lowest BCUT2D eigenvalue weighted by Gasteiger charge is -2.22. The van der Waals surface area contributed by atoms with Crippen LogP contribution < -0.4 is 10.6 Å². The van der Waals surface area contributed by atoms with Gasteiger partial charge in [-0.1, -0.05) is 6.07 Å². The van der Waals surface area contributed by atoms with Gasteiger partial charge in [0, 0.05) is 36.4 Å². The Morgan fingerprint density at radius 3 is 2.47 bits per heavy atom. The van der Waals surface area contributed by atoms with Crippen molar-refractivity contribution in [3.8, 4) is 5.75 Å². The van der Waals surface area contributed by atoms with Crippen LogP contribution in [0, 0.1) is 5.92 Å². The van der Waals surface area contributed by atoms with Gasteiger partial charge in [0.2, 0.25) is 0 Å². The van der Waals surface area contributed by atoms with Crippen LogP contribution in [0.25, 0.3) is 0 Å². The standard InChI is InChI=1S/C14H22N2O/c1-3-16(4-2)11-7-8-12(13(17)9-11)14(15)10-5-6-10/h7-10,14,17H,3-6,15H2,1-2H3/t14-/m1/s1. The van der Waals surface area contributed by atoms with Crippen molar-refractivity contribution in [1.29, 1.82) is 0 Å². The van der Waals surface area contributed by atoms with Gasteiger partial charge in [0.1, 0.15) is 5.75 Å². The zero-order chi connectivity index (χ0) is 12.4. The number of benzene rings is 1. The highest BCUT2D eigenvalue weighted by Gasteiger charge is 2.31. The van der Waals surface area contributed by atoms with Gasteiger partial charge >= 0.3 is 0 Å². The first-order valence-corrected chi connectivity index (χ1v) is 6.50. The van der Waals surface area contributed by atoms with E-state index in [1.165, 1.54) is 12.8 Å². The van der Waals surface area contributed by atoms with Crippen molar-refractivity contribution < 1.29 is 5.11 Å². The minimum Gasteiger partial charge on any atom is -0.508 e. The van der Waals surface area contributed by atoms with E-state index in [2.05, 4.69) is 24.8 Å². The number of nitrogens with zero attached hydrogens (tertiary/aromatic N) is 1. The van der Waals surface area contributed by atoms with E-state index in [-0.39, 0.29) is 6.04 Å². The molecule has 1 aliphatic rings. The molecular formula is C14H22N2O. The molecule has 0 aromatic heterocycles. The number of nitrogens with two attached hydrogens (primary N) is 1. The molecule has 0 heterocycles. The molecule has 0 saturated heterocycles. The molecule has 0 unspecified atom stereocenters. The summed E-state index contributed by atoms with van der Waals surface area (Å²) in [6.07, 6.45) is 2.39. The highest BCUT2D eigenvalue weighted by Crippen LogP contribution is 2.42. The van der Waals surface area contributed by atoms with E-state index in [1.807, 2.05) is 12.1 Å². The summed E-state index contributed by atoms with van der Waals surface area (Å²) in [4.78, 5) is 2.21. The van der Waals surface area contributed by atoms with Crippen molar-refractivity contribution in [3.63, 3.8) is 0 Å². The van der Waals surface area contributed by atoms with Crippen LogP contribution in [0.4, 0.5) is 5.69 Å². The minimum atomic E-state index is 0.000697. The average molecular weight is 234 g/mol. The molecule has 17 heavy (non-hydrogen) atoms. The Morgan fingerprint density at radius 1 is 1.35 bits per heavy atom. The van der Waals surface area contributed by atoms with Gasteiger partial charge in [0.25, 0.3) is 0 Å². The Kier molecular flexibility index (Phi) is 3.57. The second-order valence-corrected chi connectivity index (χ2v) is 4.78. The zero-order valence-electron chi connectivity index (χ0n) is 10.7. The molecule has 0 aliphatic heterocycles. The average Bonchev–Trinajstić information content (AvgIpc) is 3.14. The van der Waals surface area contributed by atoms with Crippen LogP contribution in [0.1, 0.15) is 38.3 Å². The number of phenols is 1. The largest absolute Gasteiger partial charge is 0.508 e. The third kappa shape index (κ3) is 2.55. The van der Waals surface area contributed by atoms with Gasteiger partial charge in [-0.25, -0.2) is 0 Å². The van der Waals surface area contributed by atoms with Gasteiger partial charge < -0.3 is 15.7 Å². The molecular weight excluding hydrogens is 212 g/mol. The van der Waals surface area contributed by atoms with Crippen LogP contribution in [0.3, 0.4) is 0 Å². The second-order valence-electron chi connectivity index (χ2n) is 4.78. The Hall–Kier alpha value is -1.22. The minimum absolute atomic E-state index is 0.000697. The molecule has 1 saturated carbocycles. The number of anilines is 1. The van der Waals surface area contributed by atoms with E-state index in [4.69, 9.17) is 5.73 Å². The lowest BCUT2D eigenvalue weighted by molar-refractivity contribution is 0.456. The summed E-state index contributed by atoms with van der Waals surface area (Å²) in [6.45, 7) is 6.13. The lowest BCUT2D eigenvalue weighted by Crippen LogP contribution is -2.22. The topological polar surface area (TPSA) is 49.5 Å². The molecule has 3 nitrogen and oxygen atoms in total. The fraction of sp³-hybridized carbons (Fsp3) is 0.571. The third-order valence-corrected chi connectivity index (χ3v) is 3.63. The number of phenolic OH excluding ortho intramolecular Hbond substituents is 1. The van der Waals surface area contributed by atoms with Crippen LogP contribution >= 0.6 is 0 Å². The molecule has 1 aromatic rings. The maximum Gasteiger partial charge on any atom is 0.122 e. The summed E-state index contributed by atoms with van der Waals surface area (Å²) in [5.41, 5.74) is 8.08. The Balaban J connectivity index is 2.21. The van der Waals surface area contributed by atoms with Crippen molar-refractivity contribution in [2.24, 2.45) is 11.7 Å². The molecule has 94 valence electrons. The van der Waals surface area contributed by atoms with Gasteiger partial charge in [0.05, 0.1) is 0 Å². The highest BCUT2D eigenvalue weighted by molar-refractivity contribution is 5.54. The molecule has 0 bridgehead atoms. The van der Waals surface area contributed by atoms with E-state index < -0.39 is 0 Å². The molecule has 0 spiro atoms. The second kappa shape index (κ2) is 4.96. The molecule has 2 rings (SSSR count). The summed E-state index contributed by atoms with van der Waals surface area (Å²) < 4.78 is 0. The molecule has 1 atom stereocenters. The summed E-state index contributed by atoms with van der Waals surface area (Å²) in [5.74, 6) is 0.911. The normalized spacial score (nSPS) is 16.9. The first-order chi connectivity index (χ1) is 8.17. The zero-order valence-corrected chi connectivity index (χ0v) is 10.7. The summed E-state index contributed by atoms with van der Waals surface area (Å²) in [7, 11) is 0. The molecule has 0 amide bonds. The number of hydrogen-bond donors (Lipinski definition) is 2. The van der Waals surface area contributed by atoms with Gasteiger partial charge in [-0.15, -0.1) is 0 Å². The van der Waals surface area contributed by atoms with Crippen LogP contribution in [0.5, 0.6) is 5.75 Å². The summed E-state index contributed by atoms with van der Waals surface area (Å²) in [6, 6.07) is 5.88. The Bertz CT molecular complexity index is 384. The van der Waals surface area contributed by atoms with E-state index in [0.29, 0.717) is 11.7 Å². The number of rotatable bonds is 5. The van der Waals surface area contributed by atoms with Gasteiger partial charge in [-0.3, -0.25) is 0 Å². The highest BCUT2D eigenvalue weighted by atomic mass is 16.3. The quantitative estimate of drug-likeness (QED) is 0.823. The molecule has 1 aliphatic carbocycles. The summed E-state index contributed by atoms with van der Waals surface area (Å²) in [5, 5.41) is 10.1. The Morgan fingerprint density at radius 2 is 2.00 bits per heavy atom. The number of aromatic hydroxyl groups is 1. The monoisotopic (exact) mass is 234 g/mol. The van der Waals surface area contributed by atoms with Crippen LogP contribution in [-0.2, 0) is 0 Å². The molecule has 3 N–H and O–H groups in total. The molecule has 3 heteroatoms. The van der Waals surface area contributed by atoms with Crippen LogP contribution in [-0.4, -0.2) is 18.2 Å². The molecule has 1 aromatic carbocycles. The first kappa shape index (κ1) is 12.2. The van der Waals surface area contributed by atoms with Gasteiger partial charge in [0.15, 0.2) is 0 Å². The van der Waals surface area contributed by atoms with Gasteiger partial charge in [-0.05, 0) is 38.7 Å². The molecule has 1 fully saturated rings. The lowest BCUT2D eigenvalue weighted by atomic mass is 10.0. The predicted octanol–water partition coefficient (Wildman–Crippen LogP) is 2.65. The smallest absolute Gasteiger partial charge is 0.122 e. The Labute approximate surface area is 103 Å². The van der Waals surface area contributed by atoms with E-state index in [9.17, 15) is 5.11 Å². The van der Waals surface area contributed by atoms with Crippen molar-refractivity contribution in [3.05, 3.63) is 23.8 Å². The van der Waals surface area contributed by atoms with Crippen molar-refractivity contribution in [1.82, 2.24) is 0 Å². The predicted molar refractivity (Wildman–Crippen MR) is 71.3 cm³/mol. The van der Waals surface area contributed by atoms with Gasteiger partial charge in [-0.2, -0.15) is 0 Å². The fourth-order valence-corrected chi connectivity index (χ4v) is 2.31. The van der Waals surface area contributed by atoms with Crippen molar-refractivity contribution in [2.75, 3.05) is 18.0 Å². The SMILES string of the molecule is CCN(CC)c1ccc([C@H](N)C2CC2)c(O)c1. The van der Waals surface area contributed by atoms with E-state index in [0.717, 1.165) is 24.3 Å². The first-order valence-electron chi connectivity index (χ1n) is 6.50. The fourth-order valence-electron chi connectivity index (χ4n) is 2.31. The van der Waals surface area contributed by atoms with E-state index in [1.54, 1.807) is 0 Å². The van der Waals surface area contributed by atoms with Crippen LogP contribution in [0.2, 0.25) is 0 Å². The molecule has 0 radical (unpaired) electrons.